The summed E-state index contributed by atoms with van der Waals surface area (Å²) in [7, 11) is 0. The van der Waals surface area contributed by atoms with E-state index in [1.165, 1.54) is 29.2 Å². The van der Waals surface area contributed by atoms with E-state index in [1.807, 2.05) is 12.1 Å². The Morgan fingerprint density at radius 1 is 1.06 bits per heavy atom. The molecule has 1 saturated heterocycles. The Hall–Kier alpha value is -3.68. The van der Waals surface area contributed by atoms with Crippen LogP contribution in [0.4, 0.5) is 14.5 Å². The van der Waals surface area contributed by atoms with Gasteiger partial charge in [-0.1, -0.05) is 30.3 Å². The number of carbonyl (C=O) groups excluding carboxylic acids is 2. The lowest BCUT2D eigenvalue weighted by Crippen LogP contribution is -2.43. The number of halogens is 2. The van der Waals surface area contributed by atoms with Crippen LogP contribution in [-0.2, 0) is 4.79 Å². The van der Waals surface area contributed by atoms with Crippen LogP contribution in [0.15, 0.2) is 60.7 Å². The zero-order chi connectivity index (χ0) is 22.0. The Morgan fingerprint density at radius 3 is 2.55 bits per heavy atom. The highest BCUT2D eigenvalue weighted by Gasteiger charge is 2.35. The topological polar surface area (TPSA) is 78.9 Å². The SMILES string of the molecule is O=C(Nc1ccc(OC(F)F)cc1)C1CCCN1C(=O)c1ccc2ccccc2c1O. The average molecular weight is 426 g/mol. The van der Waals surface area contributed by atoms with Crippen molar-refractivity contribution in [3.05, 3.63) is 66.2 Å². The number of likely N-dealkylation sites (tertiary alicyclic amines) is 1. The number of hydrogen-bond donors (Lipinski definition) is 2. The smallest absolute Gasteiger partial charge is 0.387 e. The zero-order valence-electron chi connectivity index (χ0n) is 16.4. The van der Waals surface area contributed by atoms with E-state index in [9.17, 15) is 23.5 Å². The molecule has 0 aromatic heterocycles. The van der Waals surface area contributed by atoms with E-state index in [0.717, 1.165) is 5.39 Å². The van der Waals surface area contributed by atoms with Gasteiger partial charge in [-0.15, -0.1) is 0 Å². The molecule has 160 valence electrons. The number of aromatic hydroxyl groups is 1. The normalized spacial score (nSPS) is 16.0. The van der Waals surface area contributed by atoms with Gasteiger partial charge in [-0.05, 0) is 48.6 Å². The summed E-state index contributed by atoms with van der Waals surface area (Å²) in [6.45, 7) is -2.53. The number of phenols is 1. The van der Waals surface area contributed by atoms with Gasteiger partial charge in [0.05, 0.1) is 5.56 Å². The maximum absolute atomic E-state index is 13.1. The largest absolute Gasteiger partial charge is 0.506 e. The summed E-state index contributed by atoms with van der Waals surface area (Å²) in [5, 5.41) is 14.7. The molecule has 3 aromatic carbocycles. The molecule has 6 nitrogen and oxygen atoms in total. The first-order chi connectivity index (χ1) is 14.9. The van der Waals surface area contributed by atoms with Gasteiger partial charge in [0, 0.05) is 17.6 Å². The summed E-state index contributed by atoms with van der Waals surface area (Å²) < 4.78 is 28.8. The number of nitrogens with zero attached hydrogens (tertiary/aromatic N) is 1. The van der Waals surface area contributed by atoms with Crippen molar-refractivity contribution in [3.8, 4) is 11.5 Å². The van der Waals surface area contributed by atoms with Gasteiger partial charge in [0.25, 0.3) is 5.91 Å². The molecular weight excluding hydrogens is 406 g/mol. The summed E-state index contributed by atoms with van der Waals surface area (Å²) in [4.78, 5) is 27.4. The summed E-state index contributed by atoms with van der Waals surface area (Å²) in [5.41, 5.74) is 0.548. The molecule has 0 aliphatic carbocycles. The Bertz CT molecular complexity index is 1120. The average Bonchev–Trinajstić information content (AvgIpc) is 3.25. The highest BCUT2D eigenvalue weighted by Crippen LogP contribution is 2.31. The van der Waals surface area contributed by atoms with Crippen LogP contribution < -0.4 is 10.1 Å². The molecule has 31 heavy (non-hydrogen) atoms. The van der Waals surface area contributed by atoms with E-state index >= 15 is 0 Å². The van der Waals surface area contributed by atoms with E-state index in [4.69, 9.17) is 0 Å². The maximum atomic E-state index is 13.1. The fraction of sp³-hybridized carbons (Fsp3) is 0.217. The first kappa shape index (κ1) is 20.6. The standard InChI is InChI=1S/C23H20F2N2O4/c24-23(25)31-16-10-8-15(9-11-16)26-21(29)19-6-3-13-27(19)22(30)18-12-7-14-4-1-2-5-17(14)20(18)28/h1-2,4-5,7-12,19,23,28H,3,6,13H2,(H,26,29). The van der Waals surface area contributed by atoms with E-state index < -0.39 is 18.6 Å². The van der Waals surface area contributed by atoms with Crippen LogP contribution in [0.1, 0.15) is 23.2 Å². The summed E-state index contributed by atoms with van der Waals surface area (Å²) >= 11 is 0. The van der Waals surface area contributed by atoms with Crippen LogP contribution in [0.2, 0.25) is 0 Å². The number of carbonyl (C=O) groups is 2. The molecule has 0 bridgehead atoms. The zero-order valence-corrected chi connectivity index (χ0v) is 16.4. The molecule has 0 spiro atoms. The second-order valence-corrected chi connectivity index (χ2v) is 7.23. The van der Waals surface area contributed by atoms with Crippen LogP contribution >= 0.6 is 0 Å². The summed E-state index contributed by atoms with van der Waals surface area (Å²) in [6, 6.07) is 15.4. The Balaban J connectivity index is 1.50. The molecule has 1 aliphatic heterocycles. The predicted octanol–water partition coefficient (Wildman–Crippen LogP) is 4.39. The summed E-state index contributed by atoms with van der Waals surface area (Å²) in [6.07, 6.45) is 1.14. The minimum absolute atomic E-state index is 0.0163. The number of anilines is 1. The molecule has 2 amide bonds. The van der Waals surface area contributed by atoms with Gasteiger partial charge < -0.3 is 20.1 Å². The molecule has 1 fully saturated rings. The van der Waals surface area contributed by atoms with Crippen molar-refractivity contribution in [1.82, 2.24) is 4.90 Å². The number of ether oxygens (including phenoxy) is 1. The molecule has 3 aromatic rings. The number of hydrogen-bond acceptors (Lipinski definition) is 4. The molecule has 4 rings (SSSR count). The van der Waals surface area contributed by atoms with Gasteiger partial charge in [0.15, 0.2) is 0 Å². The highest BCUT2D eigenvalue weighted by atomic mass is 19.3. The van der Waals surface area contributed by atoms with Crippen molar-refractivity contribution in [2.75, 3.05) is 11.9 Å². The first-order valence-corrected chi connectivity index (χ1v) is 9.81. The third-order valence-electron chi connectivity index (χ3n) is 5.29. The lowest BCUT2D eigenvalue weighted by atomic mass is 10.0. The molecule has 0 saturated carbocycles. The van der Waals surface area contributed by atoms with Gasteiger partial charge in [0.2, 0.25) is 5.91 Å². The molecule has 8 heteroatoms. The van der Waals surface area contributed by atoms with Crippen LogP contribution in [-0.4, -0.2) is 41.0 Å². The van der Waals surface area contributed by atoms with Crippen LogP contribution in [0, 0.1) is 0 Å². The van der Waals surface area contributed by atoms with Crippen molar-refractivity contribution < 1.29 is 28.2 Å². The first-order valence-electron chi connectivity index (χ1n) is 9.81. The molecule has 1 unspecified atom stereocenters. The fourth-order valence-electron chi connectivity index (χ4n) is 3.81. The number of fused-ring (bicyclic) bond motifs is 1. The molecule has 1 aliphatic rings. The number of rotatable bonds is 5. The minimum atomic E-state index is -2.93. The lowest BCUT2D eigenvalue weighted by molar-refractivity contribution is -0.119. The van der Waals surface area contributed by atoms with Crippen LogP contribution in [0.5, 0.6) is 11.5 Å². The molecule has 1 heterocycles. The van der Waals surface area contributed by atoms with Gasteiger partial charge in [-0.2, -0.15) is 8.78 Å². The van der Waals surface area contributed by atoms with Gasteiger partial charge in [0.1, 0.15) is 17.5 Å². The second kappa shape index (κ2) is 8.59. The van der Waals surface area contributed by atoms with Gasteiger partial charge in [-0.25, -0.2) is 0 Å². The predicted molar refractivity (Wildman–Crippen MR) is 111 cm³/mol. The highest BCUT2D eigenvalue weighted by molar-refractivity contribution is 6.06. The lowest BCUT2D eigenvalue weighted by Gasteiger charge is -2.24. The van der Waals surface area contributed by atoms with E-state index in [2.05, 4.69) is 10.1 Å². The molecule has 1 atom stereocenters. The second-order valence-electron chi connectivity index (χ2n) is 7.23. The van der Waals surface area contributed by atoms with E-state index in [1.54, 1.807) is 24.3 Å². The summed E-state index contributed by atoms with van der Waals surface area (Å²) in [5.74, 6) is -0.920. The maximum Gasteiger partial charge on any atom is 0.387 e. The van der Waals surface area contributed by atoms with E-state index in [-0.39, 0.29) is 23.0 Å². The van der Waals surface area contributed by atoms with Crippen molar-refractivity contribution in [3.63, 3.8) is 0 Å². The Labute approximate surface area is 177 Å². The number of nitrogens with one attached hydrogen (secondary N) is 1. The van der Waals surface area contributed by atoms with Crippen LogP contribution in [0.25, 0.3) is 10.8 Å². The number of alkyl halides is 2. The molecular formula is C23H20F2N2O4. The van der Waals surface area contributed by atoms with Gasteiger partial charge >= 0.3 is 6.61 Å². The Morgan fingerprint density at radius 2 is 1.81 bits per heavy atom. The van der Waals surface area contributed by atoms with Crippen molar-refractivity contribution in [1.29, 1.82) is 0 Å². The molecule has 0 radical (unpaired) electrons. The minimum Gasteiger partial charge on any atom is -0.506 e. The quantitative estimate of drug-likeness (QED) is 0.634. The third kappa shape index (κ3) is 4.28. The van der Waals surface area contributed by atoms with Crippen molar-refractivity contribution in [2.24, 2.45) is 0 Å². The number of phenolic OH excluding ortho intramolecular Hbond substituents is 1. The monoisotopic (exact) mass is 426 g/mol. The number of benzene rings is 3. The molecule has 2 N–H and O–H groups in total. The van der Waals surface area contributed by atoms with Gasteiger partial charge in [-0.3, -0.25) is 9.59 Å². The van der Waals surface area contributed by atoms with Crippen molar-refractivity contribution >= 4 is 28.3 Å². The van der Waals surface area contributed by atoms with Crippen molar-refractivity contribution in [2.45, 2.75) is 25.5 Å². The van der Waals surface area contributed by atoms with Crippen LogP contribution in [0.3, 0.4) is 0 Å². The Kier molecular flexibility index (Phi) is 5.70. The third-order valence-corrected chi connectivity index (χ3v) is 5.29. The fourth-order valence-corrected chi connectivity index (χ4v) is 3.81. The van der Waals surface area contributed by atoms with E-state index in [0.29, 0.717) is 30.5 Å². The number of amides is 2.